The van der Waals surface area contributed by atoms with E-state index >= 15 is 0 Å². The van der Waals surface area contributed by atoms with Crippen molar-refractivity contribution in [3.8, 4) is 0 Å². The summed E-state index contributed by atoms with van der Waals surface area (Å²) < 4.78 is 21.9. The molecule has 0 unspecified atom stereocenters. The quantitative estimate of drug-likeness (QED) is 0.684. The fourth-order valence-corrected chi connectivity index (χ4v) is 2.12. The molecule has 2 heterocycles. The second-order valence-electron chi connectivity index (χ2n) is 4.50. The van der Waals surface area contributed by atoms with E-state index in [1.165, 1.54) is 0 Å². The summed E-state index contributed by atoms with van der Waals surface area (Å²) in [6, 6.07) is 0. The molecule has 2 aliphatic heterocycles. The first-order valence-corrected chi connectivity index (χ1v) is 5.16. The Balaban J connectivity index is 2.18. The predicted molar refractivity (Wildman–Crippen MR) is 51.2 cm³/mol. The molecule has 2 saturated heterocycles. The van der Waals surface area contributed by atoms with Crippen LogP contribution in [-0.2, 0) is 18.9 Å². The van der Waals surface area contributed by atoms with E-state index in [0.717, 1.165) is 0 Å². The van der Waals surface area contributed by atoms with Crippen LogP contribution in [0.15, 0.2) is 0 Å². The topological polar surface area (TPSA) is 57.2 Å². The van der Waals surface area contributed by atoms with E-state index < -0.39 is 18.2 Å². The molecule has 2 rings (SSSR count). The zero-order valence-electron chi connectivity index (χ0n) is 9.47. The summed E-state index contributed by atoms with van der Waals surface area (Å²) in [4.78, 5) is 0. The zero-order chi connectivity index (χ0) is 11.2. The van der Waals surface area contributed by atoms with Crippen LogP contribution >= 0.6 is 0 Å². The van der Waals surface area contributed by atoms with Gasteiger partial charge in [0.15, 0.2) is 12.1 Å². The first-order chi connectivity index (χ1) is 6.94. The van der Waals surface area contributed by atoms with Gasteiger partial charge in [-0.15, -0.1) is 0 Å². The molecular formula is C10H18O5. The molecule has 5 nitrogen and oxygen atoms in total. The first kappa shape index (κ1) is 11.3. The molecule has 0 aliphatic carbocycles. The normalized spacial score (nSPS) is 49.0. The minimum absolute atomic E-state index is 0.311. The molecule has 0 amide bonds. The number of aliphatic hydroxyl groups excluding tert-OH is 1. The third-order valence-corrected chi connectivity index (χ3v) is 2.83. The van der Waals surface area contributed by atoms with Crippen molar-refractivity contribution in [2.45, 2.75) is 57.3 Å². The van der Waals surface area contributed by atoms with Crippen molar-refractivity contribution in [1.82, 2.24) is 0 Å². The lowest BCUT2D eigenvalue weighted by atomic mass is 10.0. The maximum absolute atomic E-state index is 9.91. The molecule has 0 spiro atoms. The molecule has 0 aromatic heterocycles. The number of hydrogen-bond acceptors (Lipinski definition) is 5. The highest BCUT2D eigenvalue weighted by atomic mass is 16.8. The van der Waals surface area contributed by atoms with Crippen molar-refractivity contribution in [1.29, 1.82) is 0 Å². The number of hydrogen-bond donors (Lipinski definition) is 1. The lowest BCUT2D eigenvalue weighted by molar-refractivity contribution is -0.262. The number of aliphatic hydroxyl groups is 1. The molecular weight excluding hydrogens is 200 g/mol. The highest BCUT2D eigenvalue weighted by Gasteiger charge is 2.54. The van der Waals surface area contributed by atoms with Gasteiger partial charge in [0.2, 0.25) is 0 Å². The predicted octanol–water partition coefficient (Wildman–Crippen LogP) is 0.259. The molecule has 0 aromatic rings. The van der Waals surface area contributed by atoms with Crippen molar-refractivity contribution in [2.24, 2.45) is 0 Å². The van der Waals surface area contributed by atoms with Gasteiger partial charge in [0.1, 0.15) is 18.3 Å². The fraction of sp³-hybridized carbons (Fsp3) is 1.00. The van der Waals surface area contributed by atoms with E-state index in [1.54, 1.807) is 14.0 Å². The summed E-state index contributed by atoms with van der Waals surface area (Å²) in [6.45, 7) is 5.42. The number of methoxy groups -OCH3 is 1. The van der Waals surface area contributed by atoms with Crippen LogP contribution in [0.25, 0.3) is 0 Å². The van der Waals surface area contributed by atoms with Gasteiger partial charge in [-0.3, -0.25) is 0 Å². The van der Waals surface area contributed by atoms with Gasteiger partial charge in [-0.2, -0.15) is 0 Å². The smallest absolute Gasteiger partial charge is 0.186 e. The van der Waals surface area contributed by atoms with Crippen LogP contribution in [0.1, 0.15) is 20.8 Å². The second-order valence-corrected chi connectivity index (χ2v) is 4.50. The molecule has 2 aliphatic rings. The van der Waals surface area contributed by atoms with Crippen molar-refractivity contribution in [3.63, 3.8) is 0 Å². The summed E-state index contributed by atoms with van der Waals surface area (Å²) >= 11 is 0. The SMILES string of the molecule is CO[C@@H]1O[C@H](C)[C@@H](O)[C@@H]2OC(C)(C)O[C@@H]12. The molecule has 2 fully saturated rings. The van der Waals surface area contributed by atoms with Gasteiger partial charge in [0.05, 0.1) is 6.10 Å². The third kappa shape index (κ3) is 1.90. The van der Waals surface area contributed by atoms with Crippen LogP contribution in [0.2, 0.25) is 0 Å². The molecule has 0 bridgehead atoms. The van der Waals surface area contributed by atoms with E-state index in [9.17, 15) is 5.11 Å². The maximum Gasteiger partial charge on any atom is 0.186 e. The summed E-state index contributed by atoms with van der Waals surface area (Å²) in [6.07, 6.45) is -2.21. The van der Waals surface area contributed by atoms with E-state index in [1.807, 2.05) is 13.8 Å². The summed E-state index contributed by atoms with van der Waals surface area (Å²) in [5.41, 5.74) is 0. The summed E-state index contributed by atoms with van der Waals surface area (Å²) in [5.74, 6) is -0.694. The molecule has 5 atom stereocenters. The van der Waals surface area contributed by atoms with Gasteiger partial charge in [-0.05, 0) is 20.8 Å². The van der Waals surface area contributed by atoms with Crippen molar-refractivity contribution >= 4 is 0 Å². The average Bonchev–Trinajstić information content (AvgIpc) is 2.48. The molecule has 0 aromatic carbocycles. The van der Waals surface area contributed by atoms with E-state index in [0.29, 0.717) is 0 Å². The minimum atomic E-state index is -0.694. The zero-order valence-corrected chi connectivity index (χ0v) is 9.47. The van der Waals surface area contributed by atoms with Crippen LogP contribution in [0, 0.1) is 0 Å². The number of fused-ring (bicyclic) bond motifs is 1. The average molecular weight is 218 g/mol. The molecule has 1 N–H and O–H groups in total. The highest BCUT2D eigenvalue weighted by molar-refractivity contribution is 4.94. The molecule has 5 heteroatoms. The largest absolute Gasteiger partial charge is 0.388 e. The van der Waals surface area contributed by atoms with E-state index in [-0.39, 0.29) is 18.3 Å². The maximum atomic E-state index is 9.91. The Labute approximate surface area is 89.3 Å². The van der Waals surface area contributed by atoms with E-state index in [2.05, 4.69) is 0 Å². The lowest BCUT2D eigenvalue weighted by Crippen LogP contribution is -2.55. The van der Waals surface area contributed by atoms with Crippen molar-refractivity contribution in [2.75, 3.05) is 7.11 Å². The molecule has 15 heavy (non-hydrogen) atoms. The van der Waals surface area contributed by atoms with Gasteiger partial charge >= 0.3 is 0 Å². The Morgan fingerprint density at radius 1 is 1.20 bits per heavy atom. The molecule has 0 saturated carbocycles. The second kappa shape index (κ2) is 3.68. The molecule has 88 valence electrons. The van der Waals surface area contributed by atoms with Crippen molar-refractivity contribution < 1.29 is 24.1 Å². The summed E-state index contributed by atoms with van der Waals surface area (Å²) in [7, 11) is 1.56. The Hall–Kier alpha value is -0.200. The highest BCUT2D eigenvalue weighted by Crippen LogP contribution is 2.37. The fourth-order valence-electron chi connectivity index (χ4n) is 2.12. The third-order valence-electron chi connectivity index (χ3n) is 2.83. The Morgan fingerprint density at radius 3 is 2.40 bits per heavy atom. The van der Waals surface area contributed by atoms with Crippen LogP contribution in [-0.4, -0.2) is 48.7 Å². The van der Waals surface area contributed by atoms with E-state index in [4.69, 9.17) is 18.9 Å². The van der Waals surface area contributed by atoms with Crippen molar-refractivity contribution in [3.05, 3.63) is 0 Å². The first-order valence-electron chi connectivity index (χ1n) is 5.16. The van der Waals surface area contributed by atoms with Crippen LogP contribution in [0.4, 0.5) is 0 Å². The van der Waals surface area contributed by atoms with Crippen LogP contribution in [0.5, 0.6) is 0 Å². The Kier molecular flexibility index (Phi) is 2.77. The van der Waals surface area contributed by atoms with Crippen LogP contribution in [0.3, 0.4) is 0 Å². The van der Waals surface area contributed by atoms with Gasteiger partial charge in [-0.1, -0.05) is 0 Å². The minimum Gasteiger partial charge on any atom is -0.388 e. The molecule has 0 radical (unpaired) electrons. The monoisotopic (exact) mass is 218 g/mol. The summed E-state index contributed by atoms with van der Waals surface area (Å²) in [5, 5.41) is 9.91. The number of rotatable bonds is 1. The Morgan fingerprint density at radius 2 is 1.80 bits per heavy atom. The lowest BCUT2D eigenvalue weighted by Gasteiger charge is -2.37. The van der Waals surface area contributed by atoms with Gasteiger partial charge in [0.25, 0.3) is 0 Å². The van der Waals surface area contributed by atoms with Gasteiger partial charge in [0, 0.05) is 7.11 Å². The van der Waals surface area contributed by atoms with Gasteiger partial charge in [-0.25, -0.2) is 0 Å². The Bertz CT molecular complexity index is 234. The van der Waals surface area contributed by atoms with Crippen LogP contribution < -0.4 is 0 Å². The standard InChI is InChI=1S/C10H18O5/c1-5-6(11)7-8(9(12-4)13-5)15-10(2,3)14-7/h5-9,11H,1-4H3/t5-,6-,7+,8-,9-/m1/s1. The number of ether oxygens (including phenoxy) is 4. The van der Waals surface area contributed by atoms with Gasteiger partial charge < -0.3 is 24.1 Å².